The number of hydrogen-bond donors (Lipinski definition) is 14. The van der Waals surface area contributed by atoms with E-state index in [1.54, 1.807) is 30.3 Å². The zero-order chi connectivity index (χ0) is 40.3. The predicted molar refractivity (Wildman–Crippen MR) is 194 cm³/mol. The van der Waals surface area contributed by atoms with Crippen molar-refractivity contribution in [2.45, 2.75) is 72.9 Å². The fourth-order valence-corrected chi connectivity index (χ4v) is 8.16. The minimum absolute atomic E-state index is 0.0168. The van der Waals surface area contributed by atoms with Crippen LogP contribution < -0.4 is 0 Å². The number of ether oxygens (including phenoxy) is 2. The lowest BCUT2D eigenvalue weighted by Gasteiger charge is -2.40. The number of fused-ring (bicyclic) bond motifs is 1. The zero-order valence-electron chi connectivity index (χ0n) is 29.3. The van der Waals surface area contributed by atoms with Gasteiger partial charge in [0.15, 0.2) is 0 Å². The highest BCUT2D eigenvalue weighted by atomic mass is 16.6. The van der Waals surface area contributed by atoms with Crippen LogP contribution in [0, 0.1) is 0 Å². The summed E-state index contributed by atoms with van der Waals surface area (Å²) in [5, 5.41) is 150. The summed E-state index contributed by atoms with van der Waals surface area (Å²) in [4.78, 5) is 0. The molecular weight excluding hydrogens is 736 g/mol. The Labute approximate surface area is 318 Å². The van der Waals surface area contributed by atoms with E-state index in [0.717, 1.165) is 0 Å². The standard InChI is InChI=1S/C40H42O16/c41-13-25-32(48)35(51)37(53)39(55-25)30-22(45)10-17(11-23(30)46)28-27(16-3-7-19(44)8-4-16)20(9-15-1-5-18(43)6-2-15)21-12-24(47)31(34(50)29(21)28)40-38(54)36(52)33(49)26(14-42)56-40/h1-12,25-28,32-33,35-54H,13-14H2/b20-9+/t25-,26-,27+,28-,32-,33-,35+,36+,37-,38-,39+,40+/m1/s1. The number of benzene rings is 4. The Morgan fingerprint density at radius 3 is 1.45 bits per heavy atom. The molecule has 4 aromatic carbocycles. The van der Waals surface area contributed by atoms with Gasteiger partial charge in [-0.25, -0.2) is 0 Å². The number of aliphatic hydroxyl groups excluding tert-OH is 8. The van der Waals surface area contributed by atoms with Crippen molar-refractivity contribution in [3.8, 4) is 34.5 Å². The zero-order valence-corrected chi connectivity index (χ0v) is 29.3. The van der Waals surface area contributed by atoms with Gasteiger partial charge < -0.3 is 81.0 Å². The van der Waals surface area contributed by atoms with Crippen molar-refractivity contribution in [3.05, 3.63) is 106 Å². The summed E-state index contributed by atoms with van der Waals surface area (Å²) >= 11 is 0. The van der Waals surface area contributed by atoms with Crippen molar-refractivity contribution < 1.29 is 81.0 Å². The fourth-order valence-electron chi connectivity index (χ4n) is 8.16. The van der Waals surface area contributed by atoms with Crippen LogP contribution in [0.15, 0.2) is 66.7 Å². The quantitative estimate of drug-likeness (QED) is 0.121. The summed E-state index contributed by atoms with van der Waals surface area (Å²) in [5.74, 6) is -4.60. The fraction of sp³-hybridized carbons (Fsp3) is 0.350. The summed E-state index contributed by atoms with van der Waals surface area (Å²) in [6, 6.07) is 15.8. The molecular formula is C40H42O16. The van der Waals surface area contributed by atoms with Gasteiger partial charge in [-0.3, -0.25) is 0 Å². The van der Waals surface area contributed by atoms with Crippen LogP contribution in [-0.2, 0) is 9.47 Å². The molecule has 2 fully saturated rings. The van der Waals surface area contributed by atoms with Crippen LogP contribution in [0.1, 0.15) is 63.0 Å². The highest BCUT2D eigenvalue weighted by Gasteiger charge is 2.50. The van der Waals surface area contributed by atoms with Crippen LogP contribution in [0.25, 0.3) is 11.6 Å². The summed E-state index contributed by atoms with van der Waals surface area (Å²) < 4.78 is 11.3. The van der Waals surface area contributed by atoms with Gasteiger partial charge in [0.25, 0.3) is 0 Å². The molecule has 12 atom stereocenters. The smallest absolute Gasteiger partial charge is 0.129 e. The predicted octanol–water partition coefficient (Wildman–Crippen LogP) is 0.420. The van der Waals surface area contributed by atoms with Gasteiger partial charge in [0.2, 0.25) is 0 Å². The maximum Gasteiger partial charge on any atom is 0.129 e. The summed E-state index contributed by atoms with van der Waals surface area (Å²) in [6.45, 7) is -1.56. The molecule has 14 N–H and O–H groups in total. The largest absolute Gasteiger partial charge is 0.508 e. The molecule has 2 aliphatic heterocycles. The summed E-state index contributed by atoms with van der Waals surface area (Å²) in [6.07, 6.45) is -15.3. The molecule has 56 heavy (non-hydrogen) atoms. The Morgan fingerprint density at radius 2 is 0.946 bits per heavy atom. The monoisotopic (exact) mass is 778 g/mol. The lowest BCUT2D eigenvalue weighted by Crippen LogP contribution is -2.55. The van der Waals surface area contributed by atoms with Crippen molar-refractivity contribution in [1.29, 1.82) is 0 Å². The first kappa shape index (κ1) is 39.3. The molecule has 4 aromatic rings. The molecule has 16 nitrogen and oxygen atoms in total. The van der Waals surface area contributed by atoms with Crippen molar-refractivity contribution >= 4 is 11.6 Å². The average Bonchev–Trinajstić information content (AvgIpc) is 3.48. The van der Waals surface area contributed by atoms with Gasteiger partial charge in [0.05, 0.1) is 24.3 Å². The van der Waals surface area contributed by atoms with E-state index in [1.807, 2.05) is 0 Å². The van der Waals surface area contributed by atoms with Crippen molar-refractivity contribution in [2.75, 3.05) is 13.2 Å². The molecule has 16 heteroatoms. The molecule has 7 rings (SSSR count). The normalized spacial score (nSPS) is 32.4. The molecule has 0 unspecified atom stereocenters. The number of allylic oxidation sites excluding steroid dienone is 1. The Morgan fingerprint density at radius 1 is 0.482 bits per heavy atom. The maximum atomic E-state index is 12.3. The second-order valence-electron chi connectivity index (χ2n) is 14.3. The molecule has 0 radical (unpaired) electrons. The molecule has 0 bridgehead atoms. The summed E-state index contributed by atoms with van der Waals surface area (Å²) in [7, 11) is 0. The number of phenols is 6. The Kier molecular flexibility index (Phi) is 10.6. The highest BCUT2D eigenvalue weighted by molar-refractivity contribution is 5.93. The van der Waals surface area contributed by atoms with E-state index in [4.69, 9.17) is 9.47 Å². The Bertz CT molecular complexity index is 2080. The van der Waals surface area contributed by atoms with Gasteiger partial charge in [-0.15, -0.1) is 0 Å². The van der Waals surface area contributed by atoms with Crippen LogP contribution in [0.5, 0.6) is 34.5 Å². The molecule has 2 saturated heterocycles. The third-order valence-corrected chi connectivity index (χ3v) is 11.0. The van der Waals surface area contributed by atoms with E-state index in [0.29, 0.717) is 16.7 Å². The van der Waals surface area contributed by atoms with Crippen LogP contribution in [0.3, 0.4) is 0 Å². The molecule has 0 saturated carbocycles. The Balaban J connectivity index is 1.47. The van der Waals surface area contributed by atoms with E-state index in [-0.39, 0.29) is 33.8 Å². The second-order valence-corrected chi connectivity index (χ2v) is 14.3. The molecule has 0 spiro atoms. The Hall–Kier alpha value is -4.98. The molecule has 1 aliphatic carbocycles. The van der Waals surface area contributed by atoms with Gasteiger partial charge >= 0.3 is 0 Å². The second kappa shape index (κ2) is 15.2. The van der Waals surface area contributed by atoms with E-state index in [1.165, 1.54) is 42.5 Å². The van der Waals surface area contributed by atoms with Gasteiger partial charge in [-0.05, 0) is 70.3 Å². The molecule has 2 heterocycles. The highest BCUT2D eigenvalue weighted by Crippen LogP contribution is 2.61. The van der Waals surface area contributed by atoms with E-state index in [2.05, 4.69) is 0 Å². The lowest BCUT2D eigenvalue weighted by atomic mass is 9.78. The van der Waals surface area contributed by atoms with Crippen molar-refractivity contribution in [3.63, 3.8) is 0 Å². The molecule has 298 valence electrons. The van der Waals surface area contributed by atoms with Gasteiger partial charge in [-0.1, -0.05) is 30.3 Å². The van der Waals surface area contributed by atoms with Crippen molar-refractivity contribution in [1.82, 2.24) is 0 Å². The third kappa shape index (κ3) is 6.58. The lowest BCUT2D eigenvalue weighted by molar-refractivity contribution is -0.232. The molecule has 0 amide bonds. The van der Waals surface area contributed by atoms with Gasteiger partial charge in [0.1, 0.15) is 95.5 Å². The van der Waals surface area contributed by atoms with E-state index < -0.39 is 115 Å². The first-order chi connectivity index (χ1) is 26.7. The number of rotatable bonds is 7. The molecule has 0 aromatic heterocycles. The van der Waals surface area contributed by atoms with E-state index >= 15 is 0 Å². The van der Waals surface area contributed by atoms with Crippen LogP contribution >= 0.6 is 0 Å². The van der Waals surface area contributed by atoms with Crippen LogP contribution in [0.4, 0.5) is 0 Å². The van der Waals surface area contributed by atoms with E-state index in [9.17, 15) is 71.5 Å². The van der Waals surface area contributed by atoms with Crippen LogP contribution in [0.2, 0.25) is 0 Å². The number of aromatic hydroxyl groups is 6. The number of hydrogen-bond acceptors (Lipinski definition) is 16. The van der Waals surface area contributed by atoms with Gasteiger partial charge in [-0.2, -0.15) is 0 Å². The topological polar surface area (TPSA) is 302 Å². The van der Waals surface area contributed by atoms with Gasteiger partial charge in [0, 0.05) is 17.4 Å². The first-order valence-electron chi connectivity index (χ1n) is 17.7. The first-order valence-corrected chi connectivity index (χ1v) is 17.7. The maximum absolute atomic E-state index is 12.3. The number of aliphatic hydroxyl groups is 8. The average molecular weight is 779 g/mol. The molecule has 3 aliphatic rings. The number of phenolic OH excluding ortho intramolecular Hbond substituents is 6. The SMILES string of the molecule is OC[C@H]1O[C@@H](c2c(O)cc([C@H]3c4c(cc(O)c([C@@H]5O[C@H](CO)[C@@H](O)[C@H](O)[C@H]5O)c4O)/C(=C\c4ccc(O)cc4)[C@@H]3c3ccc(O)cc3)cc2O)[C@H](O)[C@@H](O)[C@@H]1O. The summed E-state index contributed by atoms with van der Waals surface area (Å²) in [5.41, 5.74) is 1.17. The van der Waals surface area contributed by atoms with Crippen LogP contribution in [-0.4, -0.2) is 134 Å². The minimum atomic E-state index is -1.91. The minimum Gasteiger partial charge on any atom is -0.508 e. The third-order valence-electron chi connectivity index (χ3n) is 11.0. The van der Waals surface area contributed by atoms with Crippen molar-refractivity contribution in [2.24, 2.45) is 0 Å².